The summed E-state index contributed by atoms with van der Waals surface area (Å²) in [5.41, 5.74) is 1.43. The van der Waals surface area contributed by atoms with Crippen molar-refractivity contribution in [2.75, 3.05) is 6.61 Å². The van der Waals surface area contributed by atoms with Crippen molar-refractivity contribution in [3.63, 3.8) is 0 Å². The molecule has 33 heavy (non-hydrogen) atoms. The van der Waals surface area contributed by atoms with Crippen LogP contribution in [0.2, 0.25) is 0 Å². The fourth-order valence-corrected chi connectivity index (χ4v) is 4.44. The lowest BCUT2D eigenvalue weighted by Crippen LogP contribution is -2.20. The number of carbonyl (C=O) groups is 1. The number of esters is 1. The molecule has 0 bridgehead atoms. The zero-order valence-corrected chi connectivity index (χ0v) is 18.3. The maximum Gasteiger partial charge on any atom is 0.343 e. The highest BCUT2D eigenvalue weighted by Gasteiger charge is 2.23. The van der Waals surface area contributed by atoms with Gasteiger partial charge in [0.05, 0.1) is 11.7 Å². The average Bonchev–Trinajstić information content (AvgIpc) is 2.81. The Bertz CT molecular complexity index is 1160. The Morgan fingerprint density at radius 1 is 1.00 bits per heavy atom. The van der Waals surface area contributed by atoms with E-state index in [1.54, 1.807) is 12.1 Å². The van der Waals surface area contributed by atoms with Gasteiger partial charge in [-0.15, -0.1) is 0 Å². The molecule has 0 N–H and O–H groups in total. The van der Waals surface area contributed by atoms with E-state index in [-0.39, 0.29) is 16.7 Å². The standard InChI is InChI=1S/C27H25F3O3/c1-2-32-22-11-9-18(10-12-22)17-3-5-19(6-4-17)27(31)33-23-13-14-24-20(15-23)7-8-21(26(24)30)16-25(28)29/h3-8,13-16,18,22H,2,9-12H2,1H3. The van der Waals surface area contributed by atoms with Crippen molar-refractivity contribution < 1.29 is 27.4 Å². The first-order valence-corrected chi connectivity index (χ1v) is 11.1. The van der Waals surface area contributed by atoms with Crippen molar-refractivity contribution in [3.05, 3.63) is 83.2 Å². The van der Waals surface area contributed by atoms with Crippen LogP contribution in [-0.4, -0.2) is 18.7 Å². The molecule has 0 aliphatic heterocycles. The van der Waals surface area contributed by atoms with Gasteiger partial charge in [-0.25, -0.2) is 9.18 Å². The van der Waals surface area contributed by atoms with Gasteiger partial charge in [0.15, 0.2) is 0 Å². The Morgan fingerprint density at radius 3 is 2.39 bits per heavy atom. The van der Waals surface area contributed by atoms with E-state index in [0.29, 0.717) is 29.0 Å². The molecule has 1 fully saturated rings. The van der Waals surface area contributed by atoms with Crippen LogP contribution < -0.4 is 4.74 Å². The molecule has 0 radical (unpaired) electrons. The average molecular weight is 454 g/mol. The minimum Gasteiger partial charge on any atom is -0.423 e. The van der Waals surface area contributed by atoms with Gasteiger partial charge in [-0.3, -0.25) is 0 Å². The van der Waals surface area contributed by atoms with Gasteiger partial charge in [-0.1, -0.05) is 24.3 Å². The van der Waals surface area contributed by atoms with Crippen LogP contribution in [0.15, 0.2) is 60.7 Å². The molecule has 0 aromatic heterocycles. The summed E-state index contributed by atoms with van der Waals surface area (Å²) in [5.74, 6) is -0.539. The topological polar surface area (TPSA) is 35.5 Å². The molecule has 3 aromatic rings. The summed E-state index contributed by atoms with van der Waals surface area (Å²) in [6, 6.07) is 14.6. The summed E-state index contributed by atoms with van der Waals surface area (Å²) in [4.78, 5) is 12.6. The molecule has 0 spiro atoms. The Balaban J connectivity index is 1.43. The molecular formula is C27H25F3O3. The minimum atomic E-state index is -1.97. The number of hydrogen-bond donors (Lipinski definition) is 0. The molecule has 0 atom stereocenters. The zero-order valence-electron chi connectivity index (χ0n) is 18.3. The molecule has 0 amide bonds. The first kappa shape index (κ1) is 23.1. The third kappa shape index (κ3) is 5.45. The monoisotopic (exact) mass is 454 g/mol. The van der Waals surface area contributed by atoms with Crippen LogP contribution in [0.25, 0.3) is 16.8 Å². The number of hydrogen-bond acceptors (Lipinski definition) is 3. The van der Waals surface area contributed by atoms with Gasteiger partial charge in [0, 0.05) is 23.6 Å². The molecule has 0 saturated heterocycles. The third-order valence-electron chi connectivity index (χ3n) is 6.12. The van der Waals surface area contributed by atoms with E-state index in [1.807, 2.05) is 19.1 Å². The van der Waals surface area contributed by atoms with Crippen molar-refractivity contribution >= 4 is 22.8 Å². The normalized spacial score (nSPS) is 18.2. The molecule has 4 rings (SSSR count). The third-order valence-corrected chi connectivity index (χ3v) is 6.12. The Kier molecular flexibility index (Phi) is 7.14. The molecule has 0 heterocycles. The van der Waals surface area contributed by atoms with Crippen LogP contribution in [0, 0.1) is 5.82 Å². The van der Waals surface area contributed by atoms with Gasteiger partial charge in [-0.2, -0.15) is 8.78 Å². The van der Waals surface area contributed by atoms with Crippen LogP contribution >= 0.6 is 0 Å². The van der Waals surface area contributed by atoms with Crippen LogP contribution in [-0.2, 0) is 4.74 Å². The highest BCUT2D eigenvalue weighted by Crippen LogP contribution is 2.34. The summed E-state index contributed by atoms with van der Waals surface area (Å²) < 4.78 is 50.6. The number of halogens is 3. The smallest absolute Gasteiger partial charge is 0.343 e. The van der Waals surface area contributed by atoms with E-state index >= 15 is 0 Å². The molecule has 172 valence electrons. The van der Waals surface area contributed by atoms with E-state index in [9.17, 15) is 18.0 Å². The van der Waals surface area contributed by atoms with Crippen LogP contribution in [0.1, 0.15) is 60.0 Å². The number of carbonyl (C=O) groups excluding carboxylic acids is 1. The van der Waals surface area contributed by atoms with E-state index < -0.39 is 17.9 Å². The van der Waals surface area contributed by atoms with Crippen LogP contribution in [0.3, 0.4) is 0 Å². The largest absolute Gasteiger partial charge is 0.423 e. The second-order valence-corrected chi connectivity index (χ2v) is 8.23. The van der Waals surface area contributed by atoms with Crippen LogP contribution in [0.5, 0.6) is 5.75 Å². The number of ether oxygens (including phenoxy) is 2. The summed E-state index contributed by atoms with van der Waals surface area (Å²) in [5, 5.41) is 0.625. The minimum absolute atomic E-state index is 0.174. The predicted octanol–water partition coefficient (Wildman–Crippen LogP) is 7.50. The zero-order chi connectivity index (χ0) is 23.4. The Labute approximate surface area is 190 Å². The van der Waals surface area contributed by atoms with Gasteiger partial charge in [0.2, 0.25) is 0 Å². The van der Waals surface area contributed by atoms with E-state index in [0.717, 1.165) is 32.3 Å². The molecular weight excluding hydrogens is 429 g/mol. The molecule has 0 unspecified atom stereocenters. The summed E-state index contributed by atoms with van der Waals surface area (Å²) in [7, 11) is 0. The number of rotatable bonds is 6. The lowest BCUT2D eigenvalue weighted by molar-refractivity contribution is 0.0328. The van der Waals surface area contributed by atoms with Gasteiger partial charge >= 0.3 is 5.97 Å². The van der Waals surface area contributed by atoms with Gasteiger partial charge in [0.25, 0.3) is 6.08 Å². The molecule has 1 aliphatic rings. The molecule has 1 aliphatic carbocycles. The van der Waals surface area contributed by atoms with Crippen molar-refractivity contribution in [1.29, 1.82) is 0 Å². The van der Waals surface area contributed by atoms with Crippen molar-refractivity contribution in [1.82, 2.24) is 0 Å². The SMILES string of the molecule is CCOC1CCC(c2ccc(C(=O)Oc3ccc4c(F)c(C=C(F)F)ccc4c3)cc2)CC1. The number of benzene rings is 3. The maximum atomic E-state index is 14.4. The van der Waals surface area contributed by atoms with Crippen LogP contribution in [0.4, 0.5) is 13.2 Å². The summed E-state index contributed by atoms with van der Waals surface area (Å²) in [6.45, 7) is 2.76. The molecule has 1 saturated carbocycles. The second-order valence-electron chi connectivity index (χ2n) is 8.23. The van der Waals surface area contributed by atoms with Crippen molar-refractivity contribution in [2.24, 2.45) is 0 Å². The first-order chi connectivity index (χ1) is 15.9. The highest BCUT2D eigenvalue weighted by atomic mass is 19.3. The quantitative estimate of drug-likeness (QED) is 0.286. The predicted molar refractivity (Wildman–Crippen MR) is 122 cm³/mol. The van der Waals surface area contributed by atoms with Gasteiger partial charge in [0.1, 0.15) is 11.6 Å². The Hall–Kier alpha value is -3.12. The highest BCUT2D eigenvalue weighted by molar-refractivity contribution is 5.92. The fraction of sp³-hybridized carbons (Fsp3) is 0.296. The second kappa shape index (κ2) is 10.2. The molecule has 6 heteroatoms. The van der Waals surface area contributed by atoms with Gasteiger partial charge < -0.3 is 9.47 Å². The van der Waals surface area contributed by atoms with E-state index in [2.05, 4.69) is 0 Å². The van der Waals surface area contributed by atoms with E-state index in [1.165, 1.54) is 35.9 Å². The van der Waals surface area contributed by atoms with Crippen molar-refractivity contribution in [3.8, 4) is 5.75 Å². The molecule has 3 nitrogen and oxygen atoms in total. The van der Waals surface area contributed by atoms with Crippen molar-refractivity contribution in [2.45, 2.75) is 44.6 Å². The van der Waals surface area contributed by atoms with Gasteiger partial charge in [-0.05, 0) is 79.8 Å². The summed E-state index contributed by atoms with van der Waals surface area (Å²) >= 11 is 0. The fourth-order valence-electron chi connectivity index (χ4n) is 4.44. The van der Waals surface area contributed by atoms with E-state index in [4.69, 9.17) is 9.47 Å². The number of fused-ring (bicyclic) bond motifs is 1. The maximum absolute atomic E-state index is 14.4. The summed E-state index contributed by atoms with van der Waals surface area (Å²) in [6.07, 6.45) is 3.09. The lowest BCUT2D eigenvalue weighted by atomic mass is 9.82. The Morgan fingerprint density at radius 2 is 1.73 bits per heavy atom. The lowest BCUT2D eigenvalue weighted by Gasteiger charge is -2.28. The first-order valence-electron chi connectivity index (χ1n) is 11.1. The molecule has 3 aromatic carbocycles.